The van der Waals surface area contributed by atoms with Crippen molar-refractivity contribution in [2.75, 3.05) is 6.54 Å². The number of hydrogen-bond acceptors (Lipinski definition) is 3. The minimum atomic E-state index is -0.0694. The Morgan fingerprint density at radius 3 is 3.12 bits per heavy atom. The number of nitrogens with zero attached hydrogens (tertiary/aromatic N) is 2. The Morgan fingerprint density at radius 2 is 2.35 bits per heavy atom. The fourth-order valence-corrected chi connectivity index (χ4v) is 2.51. The van der Waals surface area contributed by atoms with E-state index in [-0.39, 0.29) is 11.7 Å². The topological polar surface area (TPSA) is 46.9 Å². The molecule has 2 heterocycles. The molecule has 1 saturated heterocycles. The normalized spacial score (nSPS) is 19.9. The summed E-state index contributed by atoms with van der Waals surface area (Å²) in [5, 5.41) is 4.25. The largest absolute Gasteiger partial charge is 0.297 e. The molecule has 0 radical (unpaired) electrons. The van der Waals surface area contributed by atoms with Crippen molar-refractivity contribution in [3.63, 3.8) is 0 Å². The highest BCUT2D eigenvalue weighted by Gasteiger charge is 2.18. The molecule has 5 heteroatoms. The number of aromatic nitrogens is 2. The number of rotatable bonds is 1. The van der Waals surface area contributed by atoms with Gasteiger partial charge in [0.15, 0.2) is 0 Å². The van der Waals surface area contributed by atoms with Crippen molar-refractivity contribution in [1.82, 2.24) is 14.9 Å². The van der Waals surface area contributed by atoms with Gasteiger partial charge in [-0.1, -0.05) is 17.7 Å². The first kappa shape index (κ1) is 10.7. The molecule has 1 aromatic carbocycles. The first-order chi connectivity index (χ1) is 8.27. The highest BCUT2D eigenvalue weighted by Crippen LogP contribution is 2.20. The van der Waals surface area contributed by atoms with Crippen molar-refractivity contribution in [3.8, 4) is 0 Å². The van der Waals surface area contributed by atoms with Crippen LogP contribution in [0.3, 0.4) is 0 Å². The summed E-state index contributed by atoms with van der Waals surface area (Å²) in [6.07, 6.45) is 3.69. The predicted octanol–water partition coefficient (Wildman–Crippen LogP) is 1.93. The van der Waals surface area contributed by atoms with Crippen LogP contribution in [-0.2, 0) is 0 Å². The van der Waals surface area contributed by atoms with Gasteiger partial charge in [0.05, 0.1) is 28.4 Å². The Morgan fingerprint density at radius 1 is 1.47 bits per heavy atom. The predicted molar refractivity (Wildman–Crippen MR) is 67.3 cm³/mol. The summed E-state index contributed by atoms with van der Waals surface area (Å²) in [6.45, 7) is 0.942. The molecule has 2 aromatic rings. The van der Waals surface area contributed by atoms with E-state index in [4.69, 9.17) is 11.6 Å². The van der Waals surface area contributed by atoms with E-state index in [0.29, 0.717) is 15.9 Å². The Balaban J connectivity index is 2.25. The van der Waals surface area contributed by atoms with Crippen LogP contribution in [-0.4, -0.2) is 16.1 Å². The lowest BCUT2D eigenvalue weighted by Gasteiger charge is -2.14. The molecule has 0 spiro atoms. The average molecular weight is 250 g/mol. The number of benzene rings is 1. The number of halogens is 1. The van der Waals surface area contributed by atoms with Gasteiger partial charge in [0.1, 0.15) is 0 Å². The van der Waals surface area contributed by atoms with Crippen LogP contribution in [0, 0.1) is 0 Å². The van der Waals surface area contributed by atoms with Gasteiger partial charge in [0.2, 0.25) is 0 Å². The highest BCUT2D eigenvalue weighted by atomic mass is 35.5. The summed E-state index contributed by atoms with van der Waals surface area (Å²) in [6, 6.07) is 5.32. The van der Waals surface area contributed by atoms with Crippen molar-refractivity contribution < 1.29 is 0 Å². The standard InChI is InChI=1S/C12H12ClN3O/c13-8-3-1-4-9-11(8)12(17)16(7-15-9)10-5-2-6-14-10/h1,3-4,7,10,14H,2,5-6H2. The lowest BCUT2D eigenvalue weighted by Crippen LogP contribution is -2.30. The van der Waals surface area contributed by atoms with Gasteiger partial charge in [-0.05, 0) is 31.5 Å². The second-order valence-electron chi connectivity index (χ2n) is 4.20. The van der Waals surface area contributed by atoms with Crippen LogP contribution >= 0.6 is 11.6 Å². The van der Waals surface area contributed by atoms with Gasteiger partial charge < -0.3 is 0 Å². The molecule has 17 heavy (non-hydrogen) atoms. The summed E-state index contributed by atoms with van der Waals surface area (Å²) in [4.78, 5) is 16.6. The van der Waals surface area contributed by atoms with Crippen LogP contribution in [0.5, 0.6) is 0 Å². The van der Waals surface area contributed by atoms with E-state index in [1.54, 1.807) is 29.1 Å². The summed E-state index contributed by atoms with van der Waals surface area (Å²) in [5.74, 6) is 0. The monoisotopic (exact) mass is 249 g/mol. The molecular weight excluding hydrogens is 238 g/mol. The molecule has 1 unspecified atom stereocenters. The molecule has 1 N–H and O–H groups in total. The Hall–Kier alpha value is -1.39. The van der Waals surface area contributed by atoms with Gasteiger partial charge >= 0.3 is 0 Å². The molecule has 4 nitrogen and oxygen atoms in total. The van der Waals surface area contributed by atoms with Crippen molar-refractivity contribution in [2.45, 2.75) is 19.0 Å². The van der Waals surface area contributed by atoms with E-state index in [2.05, 4.69) is 10.3 Å². The molecule has 88 valence electrons. The third kappa shape index (κ3) is 1.73. The average Bonchev–Trinajstić information content (AvgIpc) is 2.83. The van der Waals surface area contributed by atoms with Crippen LogP contribution in [0.15, 0.2) is 29.3 Å². The number of nitrogens with one attached hydrogen (secondary N) is 1. The molecule has 1 atom stereocenters. The Kier molecular flexibility index (Phi) is 2.61. The zero-order valence-electron chi connectivity index (χ0n) is 9.19. The molecule has 1 aliphatic rings. The van der Waals surface area contributed by atoms with E-state index in [0.717, 1.165) is 19.4 Å². The summed E-state index contributed by atoms with van der Waals surface area (Å²) < 4.78 is 1.64. The maximum atomic E-state index is 12.3. The van der Waals surface area contributed by atoms with Crippen molar-refractivity contribution in [1.29, 1.82) is 0 Å². The second-order valence-corrected chi connectivity index (χ2v) is 4.61. The number of hydrogen-bond donors (Lipinski definition) is 1. The quantitative estimate of drug-likeness (QED) is 0.840. The van der Waals surface area contributed by atoms with Crippen LogP contribution in [0.2, 0.25) is 5.02 Å². The van der Waals surface area contributed by atoms with Crippen LogP contribution < -0.4 is 10.9 Å². The highest BCUT2D eigenvalue weighted by molar-refractivity contribution is 6.35. The first-order valence-corrected chi connectivity index (χ1v) is 6.04. The summed E-state index contributed by atoms with van der Waals surface area (Å²) in [5.41, 5.74) is 0.580. The smallest absolute Gasteiger partial charge is 0.264 e. The molecule has 1 aliphatic heterocycles. The minimum absolute atomic E-state index is 0.0515. The third-order valence-electron chi connectivity index (χ3n) is 3.13. The first-order valence-electron chi connectivity index (χ1n) is 5.66. The van der Waals surface area contributed by atoms with Crippen LogP contribution in [0.1, 0.15) is 19.0 Å². The maximum Gasteiger partial charge on any atom is 0.264 e. The Labute approximate surface area is 103 Å². The van der Waals surface area contributed by atoms with Crippen molar-refractivity contribution in [3.05, 3.63) is 39.9 Å². The van der Waals surface area contributed by atoms with Crippen molar-refractivity contribution >= 4 is 22.5 Å². The molecule has 0 saturated carbocycles. The zero-order chi connectivity index (χ0) is 11.8. The second kappa shape index (κ2) is 4.13. The van der Waals surface area contributed by atoms with Crippen LogP contribution in [0.4, 0.5) is 0 Å². The lowest BCUT2D eigenvalue weighted by atomic mass is 10.2. The molecule has 0 aliphatic carbocycles. The van der Waals surface area contributed by atoms with E-state index in [1.807, 2.05) is 0 Å². The fraction of sp³-hybridized carbons (Fsp3) is 0.333. The van der Waals surface area contributed by atoms with E-state index < -0.39 is 0 Å². The molecule has 3 rings (SSSR count). The molecule has 1 fully saturated rings. The maximum absolute atomic E-state index is 12.3. The van der Waals surface area contributed by atoms with Gasteiger partial charge in [-0.15, -0.1) is 0 Å². The van der Waals surface area contributed by atoms with Gasteiger partial charge in [0.25, 0.3) is 5.56 Å². The van der Waals surface area contributed by atoms with Gasteiger partial charge in [-0.3, -0.25) is 14.7 Å². The minimum Gasteiger partial charge on any atom is -0.297 e. The third-order valence-corrected chi connectivity index (χ3v) is 3.45. The Bertz CT molecular complexity index is 617. The molecular formula is C12H12ClN3O. The van der Waals surface area contributed by atoms with Crippen LogP contribution in [0.25, 0.3) is 10.9 Å². The zero-order valence-corrected chi connectivity index (χ0v) is 9.94. The molecule has 0 bridgehead atoms. The van der Waals surface area contributed by atoms with Gasteiger partial charge in [-0.25, -0.2) is 4.98 Å². The molecule has 0 amide bonds. The molecule has 1 aromatic heterocycles. The van der Waals surface area contributed by atoms with Crippen molar-refractivity contribution in [2.24, 2.45) is 0 Å². The van der Waals surface area contributed by atoms with E-state index >= 15 is 0 Å². The fourth-order valence-electron chi connectivity index (χ4n) is 2.26. The summed E-state index contributed by atoms with van der Waals surface area (Å²) in [7, 11) is 0. The summed E-state index contributed by atoms with van der Waals surface area (Å²) >= 11 is 6.07. The van der Waals surface area contributed by atoms with Gasteiger partial charge in [-0.2, -0.15) is 0 Å². The van der Waals surface area contributed by atoms with E-state index in [1.165, 1.54) is 0 Å². The van der Waals surface area contributed by atoms with E-state index in [9.17, 15) is 4.79 Å². The lowest BCUT2D eigenvalue weighted by molar-refractivity contribution is 0.453. The van der Waals surface area contributed by atoms with Gasteiger partial charge in [0, 0.05) is 0 Å². The SMILES string of the molecule is O=c1c2c(Cl)cccc2ncn1C1CCCN1. The number of fused-ring (bicyclic) bond motifs is 1.